The zero-order valence-corrected chi connectivity index (χ0v) is 16.6. The second-order valence-electron chi connectivity index (χ2n) is 6.35. The summed E-state index contributed by atoms with van der Waals surface area (Å²) in [6.07, 6.45) is 3.10. The Balaban J connectivity index is 1.70. The fourth-order valence-electron chi connectivity index (χ4n) is 3.06. The van der Waals surface area contributed by atoms with Gasteiger partial charge < -0.3 is 4.57 Å². The summed E-state index contributed by atoms with van der Waals surface area (Å²) < 4.78 is 1.64. The van der Waals surface area contributed by atoms with Crippen LogP contribution in [0.3, 0.4) is 0 Å². The van der Waals surface area contributed by atoms with E-state index in [9.17, 15) is 19.7 Å². The second-order valence-corrected chi connectivity index (χ2v) is 7.22. The van der Waals surface area contributed by atoms with Gasteiger partial charge in [-0.1, -0.05) is 29.3 Å². The van der Waals surface area contributed by atoms with Gasteiger partial charge in [-0.3, -0.25) is 25.1 Å². The minimum Gasteiger partial charge on any atom is -0.317 e. The summed E-state index contributed by atoms with van der Waals surface area (Å²) in [5.74, 6) is -1.17. The molecule has 0 unspecified atom stereocenters. The highest BCUT2D eigenvalue weighted by atomic mass is 35.5. The van der Waals surface area contributed by atoms with E-state index in [2.05, 4.69) is 5.43 Å². The zero-order chi connectivity index (χ0) is 21.4. The van der Waals surface area contributed by atoms with Gasteiger partial charge in [0.15, 0.2) is 0 Å². The van der Waals surface area contributed by atoms with E-state index in [-0.39, 0.29) is 11.3 Å². The predicted molar refractivity (Wildman–Crippen MR) is 112 cm³/mol. The molecule has 0 aliphatic carbocycles. The van der Waals surface area contributed by atoms with E-state index in [0.717, 1.165) is 5.01 Å². The van der Waals surface area contributed by atoms with Gasteiger partial charge in [0.25, 0.3) is 17.5 Å². The maximum absolute atomic E-state index is 12.8. The largest absolute Gasteiger partial charge is 0.317 e. The highest BCUT2D eigenvalue weighted by Crippen LogP contribution is 2.28. The van der Waals surface area contributed by atoms with Crippen LogP contribution in [-0.4, -0.2) is 21.3 Å². The van der Waals surface area contributed by atoms with Crippen LogP contribution in [0, 0.1) is 10.1 Å². The second kappa shape index (κ2) is 7.66. The molecular weight excluding hydrogens is 431 g/mol. The van der Waals surface area contributed by atoms with Crippen LogP contribution in [0.15, 0.2) is 66.4 Å². The van der Waals surface area contributed by atoms with E-state index in [0.29, 0.717) is 27.1 Å². The topological polar surface area (TPSA) is 97.5 Å². The van der Waals surface area contributed by atoms with Gasteiger partial charge >= 0.3 is 0 Å². The van der Waals surface area contributed by atoms with Gasteiger partial charge in [-0.25, -0.2) is 5.01 Å². The molecule has 3 aromatic rings. The highest BCUT2D eigenvalue weighted by Gasteiger charge is 2.35. The molecule has 10 heteroatoms. The number of halogens is 2. The molecule has 2 amide bonds. The number of rotatable bonds is 4. The molecule has 8 nitrogen and oxygen atoms in total. The first-order valence-corrected chi connectivity index (χ1v) is 9.34. The van der Waals surface area contributed by atoms with Gasteiger partial charge in [-0.15, -0.1) is 0 Å². The van der Waals surface area contributed by atoms with Crippen LogP contribution in [0.4, 0.5) is 11.4 Å². The molecule has 1 fully saturated rings. The van der Waals surface area contributed by atoms with Gasteiger partial charge in [0, 0.05) is 34.1 Å². The summed E-state index contributed by atoms with van der Waals surface area (Å²) in [5.41, 5.74) is 3.65. The van der Waals surface area contributed by atoms with Crippen molar-refractivity contribution in [3.63, 3.8) is 0 Å². The Morgan fingerprint density at radius 1 is 0.967 bits per heavy atom. The van der Waals surface area contributed by atoms with Crippen LogP contribution < -0.4 is 10.4 Å². The average molecular weight is 443 g/mol. The Morgan fingerprint density at radius 3 is 2.40 bits per heavy atom. The lowest BCUT2D eigenvalue weighted by atomic mass is 10.2. The first-order valence-electron chi connectivity index (χ1n) is 8.59. The van der Waals surface area contributed by atoms with Crippen molar-refractivity contribution in [1.29, 1.82) is 0 Å². The molecule has 4 rings (SSSR count). The molecule has 0 saturated carbocycles. The Kier molecular flexibility index (Phi) is 5.03. The summed E-state index contributed by atoms with van der Waals surface area (Å²) in [7, 11) is 0. The maximum Gasteiger partial charge on any atom is 0.282 e. The van der Waals surface area contributed by atoms with E-state index >= 15 is 0 Å². The highest BCUT2D eigenvalue weighted by molar-refractivity contribution is 6.36. The molecule has 0 spiro atoms. The van der Waals surface area contributed by atoms with Gasteiger partial charge in [-0.2, -0.15) is 0 Å². The Bertz CT molecular complexity index is 1210. The maximum atomic E-state index is 12.8. The third kappa shape index (κ3) is 3.66. The van der Waals surface area contributed by atoms with E-state index in [4.69, 9.17) is 23.2 Å². The summed E-state index contributed by atoms with van der Waals surface area (Å²) in [6, 6.07) is 13.9. The number of carbonyl (C=O) groups excluding carboxylic acids is 2. The third-order valence-electron chi connectivity index (χ3n) is 4.39. The van der Waals surface area contributed by atoms with Gasteiger partial charge in [-0.05, 0) is 42.5 Å². The normalized spacial score (nSPS) is 15.0. The summed E-state index contributed by atoms with van der Waals surface area (Å²) >= 11 is 12.0. The standard InChI is InChI=1S/C20H12Cl2N4O4/c21-12-7-13(22)9-17(8-12)25-20(28)18(19(27)23-25)11-15-5-2-6-24(15)14-3-1-4-16(10-14)26(29)30/h1-11H,(H,23,27)/b18-11-. The smallest absolute Gasteiger partial charge is 0.282 e. The molecule has 0 atom stereocenters. The van der Waals surface area contributed by atoms with Crippen molar-refractivity contribution in [3.05, 3.63) is 92.2 Å². The third-order valence-corrected chi connectivity index (χ3v) is 4.82. The molecule has 1 aliphatic heterocycles. The first-order chi connectivity index (χ1) is 14.3. The van der Waals surface area contributed by atoms with Crippen molar-refractivity contribution < 1.29 is 14.5 Å². The molecule has 1 aliphatic rings. The molecule has 1 aromatic heterocycles. The number of carbonyl (C=O) groups is 2. The number of benzene rings is 2. The van der Waals surface area contributed by atoms with Crippen molar-refractivity contribution in [1.82, 2.24) is 9.99 Å². The molecule has 150 valence electrons. The van der Waals surface area contributed by atoms with E-state index in [1.54, 1.807) is 35.0 Å². The number of aromatic nitrogens is 1. The number of nitro benzene ring substituents is 1. The lowest BCUT2D eigenvalue weighted by Gasteiger charge is -2.15. The number of nitrogens with zero attached hydrogens (tertiary/aromatic N) is 3. The van der Waals surface area contributed by atoms with Crippen LogP contribution in [0.5, 0.6) is 0 Å². The number of hydrogen-bond acceptors (Lipinski definition) is 4. The molecule has 1 saturated heterocycles. The van der Waals surface area contributed by atoms with Crippen molar-refractivity contribution >= 4 is 52.5 Å². The fourth-order valence-corrected chi connectivity index (χ4v) is 3.57. The van der Waals surface area contributed by atoms with E-state index in [1.165, 1.54) is 36.4 Å². The average Bonchev–Trinajstić information content (AvgIpc) is 3.27. The van der Waals surface area contributed by atoms with Gasteiger partial charge in [0.1, 0.15) is 5.57 Å². The van der Waals surface area contributed by atoms with Crippen LogP contribution in [0.2, 0.25) is 10.0 Å². The van der Waals surface area contributed by atoms with Crippen LogP contribution in [0.1, 0.15) is 5.69 Å². The Morgan fingerprint density at radius 2 is 1.70 bits per heavy atom. The Labute approximate surface area is 180 Å². The van der Waals surface area contributed by atoms with Crippen molar-refractivity contribution in [2.45, 2.75) is 0 Å². The number of nitrogens with one attached hydrogen (secondary N) is 1. The predicted octanol–water partition coefficient (Wildman–Crippen LogP) is 4.15. The summed E-state index contributed by atoms with van der Waals surface area (Å²) in [6.45, 7) is 0. The molecule has 30 heavy (non-hydrogen) atoms. The van der Waals surface area contributed by atoms with Gasteiger partial charge in [0.2, 0.25) is 0 Å². The van der Waals surface area contributed by atoms with Crippen molar-refractivity contribution in [2.24, 2.45) is 0 Å². The summed E-state index contributed by atoms with van der Waals surface area (Å²) in [4.78, 5) is 35.9. The van der Waals surface area contributed by atoms with E-state index in [1.807, 2.05) is 0 Å². The minimum absolute atomic E-state index is 0.0708. The molecule has 1 N–H and O–H groups in total. The van der Waals surface area contributed by atoms with Crippen LogP contribution in [-0.2, 0) is 9.59 Å². The number of non-ortho nitro benzene ring substituents is 1. The number of nitro groups is 1. The van der Waals surface area contributed by atoms with Crippen LogP contribution in [0.25, 0.3) is 11.8 Å². The molecule has 2 heterocycles. The molecule has 0 radical (unpaired) electrons. The first kappa shape index (κ1) is 19.7. The number of amides is 2. The quantitative estimate of drug-likeness (QED) is 0.284. The van der Waals surface area contributed by atoms with Crippen molar-refractivity contribution in [2.75, 3.05) is 5.01 Å². The van der Waals surface area contributed by atoms with E-state index < -0.39 is 16.7 Å². The summed E-state index contributed by atoms with van der Waals surface area (Å²) in [5, 5.41) is 12.7. The lowest BCUT2D eigenvalue weighted by molar-refractivity contribution is -0.384. The molecule has 0 bridgehead atoms. The fraction of sp³-hybridized carbons (Fsp3) is 0. The molecular formula is C20H12Cl2N4O4. The zero-order valence-electron chi connectivity index (χ0n) is 15.1. The number of hydrogen-bond donors (Lipinski definition) is 1. The SMILES string of the molecule is O=C1NN(c2cc(Cl)cc(Cl)c2)C(=O)/C1=C\c1cccn1-c1cccc([N+](=O)[O-])c1. The molecule has 2 aromatic carbocycles. The van der Waals surface area contributed by atoms with Crippen molar-refractivity contribution in [3.8, 4) is 5.69 Å². The lowest BCUT2D eigenvalue weighted by Crippen LogP contribution is -2.35. The number of hydrazine groups is 1. The van der Waals surface area contributed by atoms with Gasteiger partial charge in [0.05, 0.1) is 16.3 Å². The minimum atomic E-state index is -0.595. The Hall–Kier alpha value is -3.62. The van der Waals surface area contributed by atoms with Crippen LogP contribution >= 0.6 is 23.2 Å². The monoisotopic (exact) mass is 442 g/mol. The number of anilines is 1.